The van der Waals surface area contributed by atoms with E-state index in [4.69, 9.17) is 12.2 Å². The summed E-state index contributed by atoms with van der Waals surface area (Å²) in [6.07, 6.45) is 4.95. The fraction of sp³-hybridized carbons (Fsp3) is 0.0909. The van der Waals surface area contributed by atoms with E-state index >= 15 is 0 Å². The molecule has 150 valence electrons. The molecule has 0 atom stereocenters. The number of nitrogens with zero attached hydrogens (tertiary/aromatic N) is 3. The van der Waals surface area contributed by atoms with Crippen LogP contribution in [0.4, 0.5) is 10.1 Å². The number of rotatable bonds is 3. The van der Waals surface area contributed by atoms with Gasteiger partial charge in [-0.3, -0.25) is 24.8 Å². The van der Waals surface area contributed by atoms with E-state index in [2.05, 4.69) is 10.3 Å². The fourth-order valence-corrected chi connectivity index (χ4v) is 3.76. The highest BCUT2D eigenvalue weighted by atomic mass is 32.1. The Bertz CT molecular complexity index is 1220. The van der Waals surface area contributed by atoms with Gasteiger partial charge in [0.2, 0.25) is 0 Å². The van der Waals surface area contributed by atoms with Crippen molar-refractivity contribution in [3.63, 3.8) is 0 Å². The molecule has 3 aromatic rings. The standard InChI is InChI=1S/C22H17FN4O2S/c1-13-9-15(14(2)26(13)18-7-4-8-24-12-18)10-19-20(28)25-22(30)27(21(19)29)17-6-3-5-16(23)11-17/h3-12H,1-2H3,(H,25,28,30). The third kappa shape index (κ3) is 3.42. The number of nitrogens with one attached hydrogen (secondary N) is 1. The highest BCUT2D eigenvalue weighted by Gasteiger charge is 2.34. The zero-order valence-electron chi connectivity index (χ0n) is 16.2. The van der Waals surface area contributed by atoms with Crippen LogP contribution in [0.5, 0.6) is 0 Å². The van der Waals surface area contributed by atoms with Gasteiger partial charge in [0, 0.05) is 17.6 Å². The molecule has 0 unspecified atom stereocenters. The minimum atomic E-state index is -0.611. The van der Waals surface area contributed by atoms with Crippen molar-refractivity contribution in [3.8, 4) is 5.69 Å². The normalized spacial score (nSPS) is 15.6. The number of hydrogen-bond donors (Lipinski definition) is 1. The van der Waals surface area contributed by atoms with E-state index in [1.54, 1.807) is 18.5 Å². The molecule has 30 heavy (non-hydrogen) atoms. The summed E-state index contributed by atoms with van der Waals surface area (Å²) >= 11 is 5.15. The highest BCUT2D eigenvalue weighted by Crippen LogP contribution is 2.26. The summed E-state index contributed by atoms with van der Waals surface area (Å²) in [4.78, 5) is 30.9. The monoisotopic (exact) mass is 420 g/mol. The molecule has 1 fully saturated rings. The molecule has 0 aliphatic carbocycles. The summed E-state index contributed by atoms with van der Waals surface area (Å²) in [7, 11) is 0. The molecule has 2 amide bonds. The van der Waals surface area contributed by atoms with Crippen molar-refractivity contribution in [1.29, 1.82) is 0 Å². The van der Waals surface area contributed by atoms with Gasteiger partial charge in [0.05, 0.1) is 17.6 Å². The third-order valence-corrected chi connectivity index (χ3v) is 5.13. The van der Waals surface area contributed by atoms with Crippen LogP contribution in [0.3, 0.4) is 0 Å². The number of carbonyl (C=O) groups excluding carboxylic acids is 2. The Kier molecular flexibility index (Phi) is 5.01. The van der Waals surface area contributed by atoms with Gasteiger partial charge in [0.15, 0.2) is 5.11 Å². The van der Waals surface area contributed by atoms with Crippen LogP contribution in [0.1, 0.15) is 17.0 Å². The van der Waals surface area contributed by atoms with Crippen molar-refractivity contribution in [2.75, 3.05) is 4.90 Å². The van der Waals surface area contributed by atoms with E-state index in [0.717, 1.165) is 22.0 Å². The second kappa shape index (κ2) is 7.64. The maximum absolute atomic E-state index is 13.7. The van der Waals surface area contributed by atoms with Gasteiger partial charge in [-0.1, -0.05) is 6.07 Å². The van der Waals surface area contributed by atoms with Gasteiger partial charge in [-0.25, -0.2) is 4.39 Å². The highest BCUT2D eigenvalue weighted by molar-refractivity contribution is 7.80. The smallest absolute Gasteiger partial charge is 0.270 e. The molecule has 3 heterocycles. The number of aryl methyl sites for hydroxylation is 1. The molecule has 1 aromatic carbocycles. The van der Waals surface area contributed by atoms with Crippen molar-refractivity contribution >= 4 is 40.9 Å². The van der Waals surface area contributed by atoms with Gasteiger partial charge >= 0.3 is 0 Å². The summed E-state index contributed by atoms with van der Waals surface area (Å²) in [6.45, 7) is 3.82. The van der Waals surface area contributed by atoms with Crippen LogP contribution in [-0.2, 0) is 9.59 Å². The Hall–Kier alpha value is -3.65. The summed E-state index contributed by atoms with van der Waals surface area (Å²) in [6, 6.07) is 11.1. The molecule has 0 bridgehead atoms. The van der Waals surface area contributed by atoms with Gasteiger partial charge < -0.3 is 4.57 Å². The molecule has 6 nitrogen and oxygen atoms in total. The van der Waals surface area contributed by atoms with Gasteiger partial charge in [0.25, 0.3) is 11.8 Å². The topological polar surface area (TPSA) is 67.2 Å². The van der Waals surface area contributed by atoms with E-state index < -0.39 is 17.6 Å². The SMILES string of the molecule is Cc1cc(C=C2C(=O)NC(=S)N(c3cccc(F)c3)C2=O)c(C)n1-c1cccnc1. The first-order valence-electron chi connectivity index (χ1n) is 9.13. The Balaban J connectivity index is 1.77. The first kappa shape index (κ1) is 19.7. The lowest BCUT2D eigenvalue weighted by Gasteiger charge is -2.28. The largest absolute Gasteiger partial charge is 0.316 e. The Morgan fingerprint density at radius 3 is 2.57 bits per heavy atom. The van der Waals surface area contributed by atoms with Gasteiger partial charge in [-0.15, -0.1) is 0 Å². The number of pyridine rings is 1. The molecule has 0 spiro atoms. The Morgan fingerprint density at radius 1 is 1.10 bits per heavy atom. The summed E-state index contributed by atoms with van der Waals surface area (Å²) in [5.74, 6) is -1.71. The second-order valence-electron chi connectivity index (χ2n) is 6.81. The van der Waals surface area contributed by atoms with Crippen LogP contribution in [0, 0.1) is 19.7 Å². The molecule has 4 rings (SSSR count). The average Bonchev–Trinajstić information content (AvgIpc) is 2.99. The average molecular weight is 420 g/mol. The zero-order valence-corrected chi connectivity index (χ0v) is 17.0. The predicted molar refractivity (Wildman–Crippen MR) is 116 cm³/mol. The molecule has 0 radical (unpaired) electrons. The number of carbonyl (C=O) groups is 2. The van der Waals surface area contributed by atoms with Gasteiger partial charge in [0.1, 0.15) is 11.4 Å². The number of aromatic nitrogens is 2. The zero-order chi connectivity index (χ0) is 21.4. The molecular formula is C22H17FN4O2S. The fourth-order valence-electron chi connectivity index (χ4n) is 3.48. The van der Waals surface area contributed by atoms with Gasteiger partial charge in [-0.05, 0) is 74.1 Å². The molecule has 1 saturated heterocycles. The number of anilines is 1. The quantitative estimate of drug-likeness (QED) is 0.400. The molecule has 1 aliphatic heterocycles. The maximum atomic E-state index is 13.7. The number of benzene rings is 1. The summed E-state index contributed by atoms with van der Waals surface area (Å²) < 4.78 is 15.7. The second-order valence-corrected chi connectivity index (χ2v) is 7.20. The van der Waals surface area contributed by atoms with Crippen molar-refractivity contribution in [1.82, 2.24) is 14.9 Å². The van der Waals surface area contributed by atoms with E-state index in [-0.39, 0.29) is 16.4 Å². The number of halogens is 1. The van der Waals surface area contributed by atoms with Gasteiger partial charge in [-0.2, -0.15) is 0 Å². The summed E-state index contributed by atoms with van der Waals surface area (Å²) in [5.41, 5.74) is 3.52. The number of thiocarbonyl (C=S) groups is 1. The predicted octanol–water partition coefficient (Wildman–Crippen LogP) is 3.46. The number of amides is 2. The maximum Gasteiger partial charge on any atom is 0.270 e. The van der Waals surface area contributed by atoms with Crippen LogP contribution in [0.15, 0.2) is 60.4 Å². The molecule has 1 N–H and O–H groups in total. The third-order valence-electron chi connectivity index (χ3n) is 4.84. The molecule has 1 aliphatic rings. The van der Waals surface area contributed by atoms with E-state index in [9.17, 15) is 14.0 Å². The molecular weight excluding hydrogens is 403 g/mol. The minimum absolute atomic E-state index is 0.0840. The number of hydrogen-bond acceptors (Lipinski definition) is 4. The van der Waals surface area contributed by atoms with Crippen molar-refractivity contribution in [2.45, 2.75) is 13.8 Å². The molecule has 2 aromatic heterocycles. The van der Waals surface area contributed by atoms with Crippen LogP contribution in [0.2, 0.25) is 0 Å². The first-order valence-corrected chi connectivity index (χ1v) is 9.54. The lowest BCUT2D eigenvalue weighted by atomic mass is 10.1. The van der Waals surface area contributed by atoms with Crippen molar-refractivity contribution in [2.24, 2.45) is 0 Å². The molecule has 8 heteroatoms. The van der Waals surface area contributed by atoms with E-state index in [1.165, 1.54) is 24.3 Å². The van der Waals surface area contributed by atoms with Crippen LogP contribution < -0.4 is 10.2 Å². The Labute approximate surface area is 177 Å². The molecule has 0 saturated carbocycles. The first-order chi connectivity index (χ1) is 14.4. The van der Waals surface area contributed by atoms with Crippen LogP contribution >= 0.6 is 12.2 Å². The van der Waals surface area contributed by atoms with Crippen LogP contribution in [-0.4, -0.2) is 26.5 Å². The lowest BCUT2D eigenvalue weighted by Crippen LogP contribution is -2.54. The van der Waals surface area contributed by atoms with Crippen molar-refractivity contribution in [3.05, 3.63) is 83.2 Å². The van der Waals surface area contributed by atoms with Crippen LogP contribution in [0.25, 0.3) is 11.8 Å². The Morgan fingerprint density at radius 2 is 1.87 bits per heavy atom. The van der Waals surface area contributed by atoms with Crippen molar-refractivity contribution < 1.29 is 14.0 Å². The van der Waals surface area contributed by atoms with E-state index in [0.29, 0.717) is 5.56 Å². The lowest BCUT2D eigenvalue weighted by molar-refractivity contribution is -0.122. The minimum Gasteiger partial charge on any atom is -0.316 e. The van der Waals surface area contributed by atoms with E-state index in [1.807, 2.05) is 36.6 Å². The summed E-state index contributed by atoms with van der Waals surface area (Å²) in [5, 5.41) is 2.42.